The second kappa shape index (κ2) is 19.3. The Bertz CT molecular complexity index is 3100. The Hall–Kier alpha value is -5.84. The maximum absolute atomic E-state index is 14.8. The molecule has 17 nitrogen and oxygen atoms in total. The highest BCUT2D eigenvalue weighted by atomic mass is 32.1. The van der Waals surface area contributed by atoms with Crippen molar-refractivity contribution in [1.29, 1.82) is 0 Å². The Morgan fingerprint density at radius 3 is 2.07 bits per heavy atom. The fourth-order valence-corrected chi connectivity index (χ4v) is 12.1. The molecule has 3 aliphatic rings. The zero-order valence-corrected chi connectivity index (χ0v) is 41.9. The van der Waals surface area contributed by atoms with E-state index in [2.05, 4.69) is 45.1 Å². The van der Waals surface area contributed by atoms with Crippen molar-refractivity contribution in [3.05, 3.63) is 77.0 Å². The van der Waals surface area contributed by atoms with Crippen molar-refractivity contribution in [3.8, 4) is 27.0 Å². The number of anilines is 4. The van der Waals surface area contributed by atoms with E-state index in [1.807, 2.05) is 32.9 Å². The van der Waals surface area contributed by atoms with Crippen LogP contribution in [0.3, 0.4) is 0 Å². The normalized spacial score (nSPS) is 24.7. The molecule has 1 unspecified atom stereocenters. The Kier molecular flexibility index (Phi) is 13.3. The van der Waals surface area contributed by atoms with Crippen LogP contribution in [0.2, 0.25) is 0 Å². The van der Waals surface area contributed by atoms with Gasteiger partial charge in [-0.2, -0.15) is 9.97 Å². The van der Waals surface area contributed by atoms with E-state index in [0.717, 1.165) is 46.3 Å². The molecule has 0 aliphatic heterocycles. The van der Waals surface area contributed by atoms with E-state index in [9.17, 15) is 29.2 Å². The number of benzene rings is 1. The Morgan fingerprint density at radius 2 is 1.42 bits per heavy atom. The standard InChI is InChI=1S/C50H58F2N12O5S2/c1-7-9-31-39-32(16-18-53-31)70-45(61-39)37-24(3)57-47(55-21-28-29(51)10-8-11-30(28)52)63-42(37)59-34-14-15-36(66)50(34,6)69-44-40-33(17-19-54-44)71-46(62-40)38-25(4)58-48(56-23(2)26-12-13-26)64-43(38)60-35-20-27(22-65)41(67)49(35,5)68/h8,10-11,16-19,23,26-27,34-36,41,65-68H,7,9,12-15,20-22H2,1-6H3,(H2,55,57,59,63)(H2,56,58,60,64)/t23-,27-,34?,35-,36-,41-,49+,50+/m1/s1. The van der Waals surface area contributed by atoms with E-state index < -0.39 is 53.0 Å². The van der Waals surface area contributed by atoms with Gasteiger partial charge in [-0.3, -0.25) is 4.98 Å². The van der Waals surface area contributed by atoms with Crippen molar-refractivity contribution in [2.75, 3.05) is 27.9 Å². The SMILES string of the molecule is CCCc1nccc2sc(-c3c(C)nc(NCc4c(F)cccc4F)nc3NC3CC[C@@H](O)[C@@]3(C)Oc3nccc4sc(-c5c(C)nc(N[C@H](C)C6CC6)nc5N[C@@H]5C[C@H](CO)[C@@H](O)[C@@]5(C)O)nc34)nc12. The number of hydrogen-bond acceptors (Lipinski definition) is 19. The van der Waals surface area contributed by atoms with Crippen LogP contribution in [0.1, 0.15) is 88.9 Å². The van der Waals surface area contributed by atoms with Gasteiger partial charge >= 0.3 is 0 Å². The molecule has 0 radical (unpaired) electrons. The summed E-state index contributed by atoms with van der Waals surface area (Å²) in [6.07, 6.45) is 6.33. The average Bonchev–Trinajstić information content (AvgIpc) is 3.78. The number of nitrogens with zero attached hydrogens (tertiary/aromatic N) is 8. The number of pyridine rings is 2. The van der Waals surface area contributed by atoms with Gasteiger partial charge in [-0.1, -0.05) is 19.4 Å². The van der Waals surface area contributed by atoms with Crippen molar-refractivity contribution >= 4 is 66.6 Å². The molecular weight excluding hydrogens is 951 g/mol. The maximum atomic E-state index is 14.8. The van der Waals surface area contributed by atoms with E-state index >= 15 is 0 Å². The summed E-state index contributed by atoms with van der Waals surface area (Å²) >= 11 is 2.86. The maximum Gasteiger partial charge on any atom is 0.242 e. The largest absolute Gasteiger partial charge is 0.465 e. The lowest BCUT2D eigenvalue weighted by molar-refractivity contribution is -0.0647. The van der Waals surface area contributed by atoms with E-state index in [-0.39, 0.29) is 36.6 Å². The molecule has 0 amide bonds. The zero-order valence-electron chi connectivity index (χ0n) is 40.3. The molecule has 8 atom stereocenters. The van der Waals surface area contributed by atoms with Crippen LogP contribution in [0.25, 0.3) is 41.6 Å². The lowest BCUT2D eigenvalue weighted by Crippen LogP contribution is -2.52. The zero-order chi connectivity index (χ0) is 49.9. The van der Waals surface area contributed by atoms with Crippen LogP contribution in [-0.4, -0.2) is 108 Å². The highest BCUT2D eigenvalue weighted by Gasteiger charge is 2.52. The summed E-state index contributed by atoms with van der Waals surface area (Å²) in [5.74, 6) is 0.125. The number of aliphatic hydroxyl groups excluding tert-OH is 3. The first-order valence-electron chi connectivity index (χ1n) is 24.2. The van der Waals surface area contributed by atoms with Gasteiger partial charge in [0.15, 0.2) is 5.60 Å². The number of rotatable bonds is 17. The monoisotopic (exact) mass is 1010 g/mol. The highest BCUT2D eigenvalue weighted by Crippen LogP contribution is 2.45. The van der Waals surface area contributed by atoms with E-state index in [0.29, 0.717) is 80.8 Å². The van der Waals surface area contributed by atoms with Crippen LogP contribution in [0, 0.1) is 37.3 Å². The molecule has 7 aromatic rings. The van der Waals surface area contributed by atoms with E-state index in [4.69, 9.17) is 34.6 Å². The Morgan fingerprint density at radius 1 is 0.803 bits per heavy atom. The first-order valence-corrected chi connectivity index (χ1v) is 25.8. The molecule has 3 aliphatic carbocycles. The lowest BCUT2D eigenvalue weighted by Gasteiger charge is -2.35. The minimum absolute atomic E-state index is 0.128. The number of hydrogen-bond donors (Lipinski definition) is 8. The summed E-state index contributed by atoms with van der Waals surface area (Å²) < 4.78 is 38.1. The van der Waals surface area contributed by atoms with Gasteiger partial charge in [-0.25, -0.2) is 33.7 Å². The molecule has 374 valence electrons. The molecule has 10 rings (SSSR count). The number of ether oxygens (including phenoxy) is 1. The van der Waals surface area contributed by atoms with Crippen molar-refractivity contribution in [3.63, 3.8) is 0 Å². The first-order chi connectivity index (χ1) is 34.1. The van der Waals surface area contributed by atoms with E-state index in [1.54, 1.807) is 19.3 Å². The molecule has 3 fully saturated rings. The molecule has 21 heteroatoms. The number of halogens is 2. The van der Waals surface area contributed by atoms with Gasteiger partial charge in [-0.15, -0.1) is 22.7 Å². The van der Waals surface area contributed by atoms with Gasteiger partial charge in [0.1, 0.15) is 49.9 Å². The number of aryl methyl sites for hydroxylation is 3. The number of aliphatic hydroxyl groups is 4. The molecule has 6 heterocycles. The second-order valence-corrected chi connectivity index (χ2v) is 21.6. The molecule has 1 aromatic carbocycles. The van der Waals surface area contributed by atoms with Crippen molar-refractivity contribution < 1.29 is 33.9 Å². The molecule has 0 spiro atoms. The van der Waals surface area contributed by atoms with Gasteiger partial charge < -0.3 is 46.4 Å². The lowest BCUT2D eigenvalue weighted by atomic mass is 9.96. The fourth-order valence-electron chi connectivity index (χ4n) is 10.0. The summed E-state index contributed by atoms with van der Waals surface area (Å²) in [6.45, 7) is 10.8. The predicted octanol–water partition coefficient (Wildman–Crippen LogP) is 7.96. The second-order valence-electron chi connectivity index (χ2n) is 19.5. The average molecular weight is 1010 g/mol. The summed E-state index contributed by atoms with van der Waals surface area (Å²) in [5.41, 5.74) is 1.49. The highest BCUT2D eigenvalue weighted by molar-refractivity contribution is 7.22. The molecule has 6 aromatic heterocycles. The number of thiazole rings is 2. The minimum Gasteiger partial charge on any atom is -0.465 e. The van der Waals surface area contributed by atoms with Gasteiger partial charge in [0, 0.05) is 43.1 Å². The molecule has 0 bridgehead atoms. The Balaban J connectivity index is 1.000. The predicted molar refractivity (Wildman–Crippen MR) is 271 cm³/mol. The van der Waals surface area contributed by atoms with Crippen LogP contribution in [0.4, 0.5) is 32.3 Å². The van der Waals surface area contributed by atoms with E-state index in [1.165, 1.54) is 40.9 Å². The summed E-state index contributed by atoms with van der Waals surface area (Å²) in [5, 5.41) is 59.1. The number of aromatic nitrogens is 8. The third-order valence-electron chi connectivity index (χ3n) is 14.5. The Labute approximate surface area is 417 Å². The summed E-state index contributed by atoms with van der Waals surface area (Å²) in [4.78, 5) is 39.0. The van der Waals surface area contributed by atoms with Gasteiger partial charge in [0.05, 0.1) is 61.9 Å². The molecule has 3 saturated carbocycles. The fraction of sp³-hybridized carbons (Fsp3) is 0.480. The molecule has 71 heavy (non-hydrogen) atoms. The smallest absolute Gasteiger partial charge is 0.242 e. The molecule has 0 saturated heterocycles. The number of nitrogens with one attached hydrogen (secondary N) is 4. The van der Waals surface area contributed by atoms with Crippen molar-refractivity contribution in [1.82, 2.24) is 39.9 Å². The van der Waals surface area contributed by atoms with Gasteiger partial charge in [0.2, 0.25) is 17.8 Å². The first kappa shape index (κ1) is 48.8. The molecular formula is C50H58F2N12O5S2. The van der Waals surface area contributed by atoms with Crippen LogP contribution < -0.4 is 26.0 Å². The summed E-state index contributed by atoms with van der Waals surface area (Å²) in [6, 6.07) is 6.40. The third-order valence-corrected chi connectivity index (χ3v) is 16.5. The quantitative estimate of drug-likeness (QED) is 0.0431. The van der Waals surface area contributed by atoms with Gasteiger partial charge in [-0.05, 0) is 103 Å². The van der Waals surface area contributed by atoms with Crippen molar-refractivity contribution in [2.45, 2.75) is 135 Å². The minimum atomic E-state index is -1.58. The molecule has 8 N–H and O–H groups in total. The third kappa shape index (κ3) is 9.31. The van der Waals surface area contributed by atoms with Crippen molar-refractivity contribution in [2.24, 2.45) is 11.8 Å². The summed E-state index contributed by atoms with van der Waals surface area (Å²) in [7, 11) is 0. The van der Waals surface area contributed by atoms with Gasteiger partial charge in [0.25, 0.3) is 0 Å². The van der Waals surface area contributed by atoms with Crippen LogP contribution in [0.5, 0.6) is 5.88 Å². The van der Waals surface area contributed by atoms with Crippen LogP contribution in [-0.2, 0) is 13.0 Å². The van der Waals surface area contributed by atoms with Crippen LogP contribution in [0.15, 0.2) is 42.7 Å². The number of fused-ring (bicyclic) bond motifs is 2. The topological polar surface area (TPSA) is 241 Å². The van der Waals surface area contributed by atoms with Crippen LogP contribution >= 0.6 is 22.7 Å².